The summed E-state index contributed by atoms with van der Waals surface area (Å²) in [6.45, 7) is 7.50. The maximum Gasteiger partial charge on any atom is 0 e. The molecule has 6 heavy (non-hydrogen) atoms. The smallest absolute Gasteiger partial charge is 0 e. The summed E-state index contributed by atoms with van der Waals surface area (Å²) >= 11 is 0. The van der Waals surface area contributed by atoms with Crippen molar-refractivity contribution in [1.29, 1.82) is 0 Å². The molecule has 0 amide bonds. The van der Waals surface area contributed by atoms with E-state index in [0.29, 0.717) is 0 Å². The van der Waals surface area contributed by atoms with Crippen LogP contribution < -0.4 is 5.32 Å². The van der Waals surface area contributed by atoms with E-state index >= 15 is 0 Å². The summed E-state index contributed by atoms with van der Waals surface area (Å²) in [5.74, 6) is 0. The van der Waals surface area contributed by atoms with Crippen LogP contribution in [0.5, 0.6) is 0 Å². The number of hydrogen-bond donors (Lipinski definition) is 1. The summed E-state index contributed by atoms with van der Waals surface area (Å²) in [7, 11) is 0. The molecule has 0 rings (SSSR count). The summed E-state index contributed by atoms with van der Waals surface area (Å²) < 4.78 is 0. The summed E-state index contributed by atoms with van der Waals surface area (Å²) in [6.07, 6.45) is 0. The molecule has 1 nitrogen and oxygen atoms in total. The summed E-state index contributed by atoms with van der Waals surface area (Å²) in [6, 6.07) is 0. The van der Waals surface area contributed by atoms with Crippen LogP contribution in [-0.2, 0) is 21.1 Å². The predicted molar refractivity (Wildman–Crippen MR) is 23.9 cm³/mol. The van der Waals surface area contributed by atoms with Gasteiger partial charge in [-0.1, -0.05) is 6.92 Å². The van der Waals surface area contributed by atoms with Crippen molar-refractivity contribution < 1.29 is 21.1 Å². The molecule has 1 N–H and O–H groups in total. The molecule has 0 saturated carbocycles. The van der Waals surface area contributed by atoms with E-state index in [4.69, 9.17) is 0 Å². The second-order valence-electron chi connectivity index (χ2n) is 0.854. The molecule has 0 atom stereocenters. The molecular formula is C4H10NW-. The Morgan fingerprint density at radius 3 is 2.17 bits per heavy atom. The molecule has 0 heterocycles. The molecular weight excluding hydrogens is 246 g/mol. The van der Waals surface area contributed by atoms with Crippen molar-refractivity contribution in [3.05, 3.63) is 6.92 Å². The van der Waals surface area contributed by atoms with E-state index in [1.165, 1.54) is 0 Å². The normalized spacial score (nSPS) is 7.00. The molecule has 0 aliphatic rings. The van der Waals surface area contributed by atoms with Gasteiger partial charge < -0.3 is 12.2 Å². The number of nitrogens with one attached hydrogen (secondary N) is 1. The Labute approximate surface area is 53.8 Å². The Kier molecular flexibility index (Phi) is 15.0. The summed E-state index contributed by atoms with van der Waals surface area (Å²) in [5, 5.41) is 3.00. The van der Waals surface area contributed by atoms with Gasteiger partial charge >= 0.3 is 0 Å². The fraction of sp³-hybridized carbons (Fsp3) is 0.750. The van der Waals surface area contributed by atoms with Gasteiger partial charge in [-0.3, -0.25) is 0 Å². The van der Waals surface area contributed by atoms with E-state index in [1.54, 1.807) is 0 Å². The Hall–Kier alpha value is 0.648. The van der Waals surface area contributed by atoms with E-state index in [1.807, 2.05) is 0 Å². The van der Waals surface area contributed by atoms with E-state index < -0.39 is 0 Å². The molecule has 0 bridgehead atoms. The fourth-order valence-corrected chi connectivity index (χ4v) is 0.177. The van der Waals surface area contributed by atoms with E-state index in [9.17, 15) is 0 Å². The van der Waals surface area contributed by atoms with Crippen LogP contribution >= 0.6 is 0 Å². The van der Waals surface area contributed by atoms with Gasteiger partial charge in [0.2, 0.25) is 0 Å². The van der Waals surface area contributed by atoms with Crippen molar-refractivity contribution in [2.75, 3.05) is 13.1 Å². The van der Waals surface area contributed by atoms with Crippen molar-refractivity contribution in [2.45, 2.75) is 6.92 Å². The third-order valence-electron chi connectivity index (χ3n) is 0.427. The van der Waals surface area contributed by atoms with Crippen molar-refractivity contribution in [2.24, 2.45) is 0 Å². The zero-order valence-electron chi connectivity index (χ0n) is 4.03. The van der Waals surface area contributed by atoms with Gasteiger partial charge in [-0.2, -0.15) is 0 Å². The van der Waals surface area contributed by atoms with Gasteiger partial charge in [0.1, 0.15) is 0 Å². The molecule has 0 unspecified atom stereocenters. The van der Waals surface area contributed by atoms with Crippen LogP contribution in [0.4, 0.5) is 0 Å². The Morgan fingerprint density at radius 2 is 2.17 bits per heavy atom. The van der Waals surface area contributed by atoms with Crippen molar-refractivity contribution >= 4 is 0 Å². The molecule has 0 spiro atoms. The molecule has 2 heteroatoms. The minimum absolute atomic E-state index is 0. The number of rotatable bonds is 2. The zero-order chi connectivity index (χ0) is 4.12. The van der Waals surface area contributed by atoms with Crippen molar-refractivity contribution in [3.63, 3.8) is 0 Å². The van der Waals surface area contributed by atoms with Crippen LogP contribution in [0.15, 0.2) is 0 Å². The molecule has 0 aromatic rings. The first-order valence-electron chi connectivity index (χ1n) is 1.91. The summed E-state index contributed by atoms with van der Waals surface area (Å²) in [5.41, 5.74) is 0. The van der Waals surface area contributed by atoms with Crippen molar-refractivity contribution in [3.8, 4) is 0 Å². The van der Waals surface area contributed by atoms with Crippen molar-refractivity contribution in [1.82, 2.24) is 5.32 Å². The molecule has 0 aliphatic carbocycles. The van der Waals surface area contributed by atoms with Gasteiger partial charge in [0.25, 0.3) is 0 Å². The molecule has 0 aliphatic heterocycles. The average Bonchev–Trinajstić information content (AvgIpc) is 1.41. The second kappa shape index (κ2) is 9.17. The van der Waals surface area contributed by atoms with Crippen LogP contribution in [-0.4, -0.2) is 13.1 Å². The fourth-order valence-electron chi connectivity index (χ4n) is 0.177. The Balaban J connectivity index is 0. The maximum absolute atomic E-state index is 3.56. The maximum atomic E-state index is 3.56. The van der Waals surface area contributed by atoms with Gasteiger partial charge in [-0.25, -0.2) is 0 Å². The third-order valence-corrected chi connectivity index (χ3v) is 0.427. The van der Waals surface area contributed by atoms with Gasteiger partial charge in [0, 0.05) is 21.1 Å². The van der Waals surface area contributed by atoms with Crippen LogP contribution in [0, 0.1) is 6.92 Å². The monoisotopic (exact) mass is 256 g/mol. The molecule has 38 valence electrons. The first kappa shape index (κ1) is 9.82. The standard InChI is InChI=1S/C4H10N.W/c1-3-5-4-2;/h5H,1,3-4H2,2H3;/q-1;. The van der Waals surface area contributed by atoms with Crippen LogP contribution in [0.3, 0.4) is 0 Å². The second-order valence-corrected chi connectivity index (χ2v) is 0.854. The van der Waals surface area contributed by atoms with Gasteiger partial charge in [0.05, 0.1) is 0 Å². The largest absolute Gasteiger partial charge is 0.347 e. The Bertz CT molecular complexity index is 15.0. The van der Waals surface area contributed by atoms with Gasteiger partial charge in [0.15, 0.2) is 0 Å². The van der Waals surface area contributed by atoms with Crippen LogP contribution in [0.25, 0.3) is 0 Å². The number of hydrogen-bond acceptors (Lipinski definition) is 1. The first-order chi connectivity index (χ1) is 2.41. The Morgan fingerprint density at radius 1 is 1.67 bits per heavy atom. The predicted octanol–water partition coefficient (Wildman–Crippen LogP) is 0.427. The van der Waals surface area contributed by atoms with E-state index in [2.05, 4.69) is 19.2 Å². The third kappa shape index (κ3) is 8.82. The van der Waals surface area contributed by atoms with Crippen LogP contribution in [0.2, 0.25) is 0 Å². The van der Waals surface area contributed by atoms with Gasteiger partial charge in [-0.05, 0) is 6.54 Å². The van der Waals surface area contributed by atoms with Crippen LogP contribution in [0.1, 0.15) is 6.92 Å². The average molecular weight is 256 g/mol. The minimum Gasteiger partial charge on any atom is -0.347 e. The molecule has 0 aromatic carbocycles. The minimum atomic E-state index is 0. The summed E-state index contributed by atoms with van der Waals surface area (Å²) in [4.78, 5) is 0. The quantitative estimate of drug-likeness (QED) is 0.706. The molecule has 0 aromatic heterocycles. The molecule has 0 radical (unpaired) electrons. The van der Waals surface area contributed by atoms with E-state index in [-0.39, 0.29) is 21.1 Å². The molecule has 0 fully saturated rings. The first-order valence-corrected chi connectivity index (χ1v) is 1.91. The van der Waals surface area contributed by atoms with E-state index in [0.717, 1.165) is 13.1 Å². The molecule has 0 saturated heterocycles. The zero-order valence-corrected chi connectivity index (χ0v) is 6.96. The topological polar surface area (TPSA) is 12.0 Å². The van der Waals surface area contributed by atoms with Gasteiger partial charge in [-0.15, -0.1) is 6.54 Å². The SMILES string of the molecule is [CH2-]CNCC.[W].